The summed E-state index contributed by atoms with van der Waals surface area (Å²) in [5.74, 6) is -0.270. The number of nitro groups is 1. The summed E-state index contributed by atoms with van der Waals surface area (Å²) in [4.78, 5) is 34.3. The highest BCUT2D eigenvalue weighted by Crippen LogP contribution is 2.32. The number of fused-ring (bicyclic) bond motifs is 1. The number of pyridine rings is 1. The molecule has 2 heterocycles. The largest absolute Gasteiger partial charge is 0.280 e. The second-order valence-electron chi connectivity index (χ2n) is 7.40. The minimum Gasteiger partial charge on any atom is -0.280 e. The van der Waals surface area contributed by atoms with Crippen LogP contribution in [0.2, 0.25) is 0 Å². The van der Waals surface area contributed by atoms with E-state index in [0.717, 1.165) is 26.9 Å². The first-order valence-corrected chi connectivity index (χ1v) is 10.7. The molecule has 2 aromatic carbocycles. The smallest absolute Gasteiger partial charge is 0.270 e. The van der Waals surface area contributed by atoms with Gasteiger partial charge in [-0.15, -0.1) is 0 Å². The number of carbonyl (C=O) groups is 1. The van der Waals surface area contributed by atoms with Crippen LogP contribution in [0.3, 0.4) is 0 Å². The van der Waals surface area contributed by atoms with Gasteiger partial charge in [-0.3, -0.25) is 24.8 Å². The molecule has 4 rings (SSSR count). The fraction of sp³-hybridized carbons (Fsp3) is 0.125. The number of carbonyl (C=O) groups excluding carboxylic acids is 1. The average molecular weight is 445 g/mol. The van der Waals surface area contributed by atoms with Crippen LogP contribution in [-0.4, -0.2) is 20.8 Å². The Labute approximate surface area is 188 Å². The van der Waals surface area contributed by atoms with Crippen LogP contribution in [0.25, 0.3) is 16.3 Å². The number of aromatic nitrogens is 2. The molecule has 8 heteroatoms. The number of amides is 1. The van der Waals surface area contributed by atoms with E-state index in [2.05, 4.69) is 17.1 Å². The van der Waals surface area contributed by atoms with Crippen molar-refractivity contribution < 1.29 is 9.72 Å². The van der Waals surface area contributed by atoms with E-state index in [1.807, 2.05) is 26.0 Å². The molecule has 0 atom stereocenters. The van der Waals surface area contributed by atoms with E-state index in [0.29, 0.717) is 17.2 Å². The molecule has 0 unspecified atom stereocenters. The third-order valence-corrected chi connectivity index (χ3v) is 5.90. The molecule has 32 heavy (non-hydrogen) atoms. The molecule has 7 nitrogen and oxygen atoms in total. The molecule has 0 spiro atoms. The summed E-state index contributed by atoms with van der Waals surface area (Å²) in [6.45, 7) is 4.35. The van der Waals surface area contributed by atoms with Crippen LogP contribution in [0.4, 0.5) is 10.8 Å². The number of non-ortho nitro benzene ring substituents is 1. The highest BCUT2D eigenvalue weighted by Gasteiger charge is 2.19. The molecule has 0 N–H and O–H groups in total. The van der Waals surface area contributed by atoms with Crippen molar-refractivity contribution in [2.75, 3.05) is 4.90 Å². The summed E-state index contributed by atoms with van der Waals surface area (Å²) in [6.07, 6.45) is 6.39. The third kappa shape index (κ3) is 4.70. The Morgan fingerprint density at radius 3 is 2.78 bits per heavy atom. The molecule has 0 saturated heterocycles. The van der Waals surface area contributed by atoms with E-state index < -0.39 is 4.92 Å². The van der Waals surface area contributed by atoms with E-state index in [9.17, 15) is 14.9 Å². The fourth-order valence-corrected chi connectivity index (χ4v) is 4.53. The number of hydrogen-bond donors (Lipinski definition) is 0. The lowest BCUT2D eigenvalue weighted by molar-refractivity contribution is -0.384. The van der Waals surface area contributed by atoms with Gasteiger partial charge in [0.05, 0.1) is 21.7 Å². The monoisotopic (exact) mass is 444 g/mol. The lowest BCUT2D eigenvalue weighted by Crippen LogP contribution is -2.28. The van der Waals surface area contributed by atoms with Gasteiger partial charge < -0.3 is 0 Å². The summed E-state index contributed by atoms with van der Waals surface area (Å²) in [6, 6.07) is 14.0. The van der Waals surface area contributed by atoms with Crippen LogP contribution >= 0.6 is 11.3 Å². The number of nitro benzene ring substituents is 1. The van der Waals surface area contributed by atoms with E-state index in [-0.39, 0.29) is 11.6 Å². The van der Waals surface area contributed by atoms with Gasteiger partial charge in [-0.05, 0) is 54.3 Å². The van der Waals surface area contributed by atoms with Gasteiger partial charge >= 0.3 is 0 Å². The molecule has 0 aliphatic rings. The maximum absolute atomic E-state index is 13.2. The standard InChI is InChI=1S/C24H20N4O3S/c1-16-11-17(2)23-21(12-16)32-24(26-23)27(15-19-6-4-10-25-14-19)22(29)9-8-18-5-3-7-20(13-18)28(30)31/h3-14H,15H2,1-2H3/b9-8+. The number of thiazole rings is 1. The van der Waals surface area contributed by atoms with Crippen molar-refractivity contribution in [1.82, 2.24) is 9.97 Å². The molecule has 0 fully saturated rings. The normalized spacial score (nSPS) is 11.2. The molecule has 0 saturated carbocycles. The van der Waals surface area contributed by atoms with E-state index in [1.165, 1.54) is 29.5 Å². The van der Waals surface area contributed by atoms with Crippen LogP contribution in [0.5, 0.6) is 0 Å². The molecule has 0 aliphatic carbocycles. The lowest BCUT2D eigenvalue weighted by atomic mass is 10.1. The zero-order valence-electron chi connectivity index (χ0n) is 17.6. The third-order valence-electron chi connectivity index (χ3n) is 4.88. The Morgan fingerprint density at radius 1 is 1.19 bits per heavy atom. The van der Waals surface area contributed by atoms with Crippen LogP contribution in [0, 0.1) is 24.0 Å². The summed E-state index contributed by atoms with van der Waals surface area (Å²) in [5.41, 5.74) is 4.50. The quantitative estimate of drug-likeness (QED) is 0.224. The maximum Gasteiger partial charge on any atom is 0.270 e. The van der Waals surface area contributed by atoms with Gasteiger partial charge in [-0.2, -0.15) is 0 Å². The lowest BCUT2D eigenvalue weighted by Gasteiger charge is -2.18. The summed E-state index contributed by atoms with van der Waals surface area (Å²) in [7, 11) is 0. The van der Waals surface area contributed by atoms with Gasteiger partial charge in [0, 0.05) is 30.6 Å². The number of rotatable bonds is 6. The van der Waals surface area contributed by atoms with Crippen molar-refractivity contribution >= 4 is 44.4 Å². The first-order chi connectivity index (χ1) is 15.4. The first-order valence-electron chi connectivity index (χ1n) is 9.91. The molecular formula is C24H20N4O3S. The van der Waals surface area contributed by atoms with Gasteiger partial charge in [0.25, 0.3) is 11.6 Å². The second kappa shape index (κ2) is 9.07. The number of anilines is 1. The molecule has 2 aromatic heterocycles. The predicted octanol–water partition coefficient (Wildman–Crippen LogP) is 5.46. The highest BCUT2D eigenvalue weighted by atomic mass is 32.1. The number of nitrogens with zero attached hydrogens (tertiary/aromatic N) is 4. The van der Waals surface area contributed by atoms with Crippen molar-refractivity contribution in [2.24, 2.45) is 0 Å². The van der Waals surface area contributed by atoms with E-state index >= 15 is 0 Å². The van der Waals surface area contributed by atoms with Crippen LogP contribution < -0.4 is 4.90 Å². The van der Waals surface area contributed by atoms with Crippen molar-refractivity contribution in [3.63, 3.8) is 0 Å². The fourth-order valence-electron chi connectivity index (χ4n) is 3.39. The van der Waals surface area contributed by atoms with E-state index in [1.54, 1.807) is 35.5 Å². The number of hydrogen-bond acceptors (Lipinski definition) is 6. The van der Waals surface area contributed by atoms with Gasteiger partial charge in [0.2, 0.25) is 0 Å². The zero-order chi connectivity index (χ0) is 22.7. The molecule has 0 aliphatic heterocycles. The molecule has 4 aromatic rings. The average Bonchev–Trinajstić information content (AvgIpc) is 3.21. The Kier molecular flexibility index (Phi) is 6.04. The van der Waals surface area contributed by atoms with Crippen LogP contribution in [0.15, 0.2) is 67.0 Å². The topological polar surface area (TPSA) is 89.2 Å². The minimum atomic E-state index is -0.459. The number of benzene rings is 2. The molecule has 1 amide bonds. The summed E-state index contributed by atoms with van der Waals surface area (Å²) < 4.78 is 1.02. The highest BCUT2D eigenvalue weighted by molar-refractivity contribution is 7.22. The second-order valence-corrected chi connectivity index (χ2v) is 8.41. The zero-order valence-corrected chi connectivity index (χ0v) is 18.4. The molecular weight excluding hydrogens is 424 g/mol. The summed E-state index contributed by atoms with van der Waals surface area (Å²) >= 11 is 1.46. The Bertz CT molecular complexity index is 1330. The van der Waals surface area contributed by atoms with Gasteiger partial charge in [-0.25, -0.2) is 4.98 Å². The first kappa shape index (κ1) is 21.3. The van der Waals surface area contributed by atoms with E-state index in [4.69, 9.17) is 4.98 Å². The summed E-state index contributed by atoms with van der Waals surface area (Å²) in [5, 5.41) is 11.6. The van der Waals surface area contributed by atoms with Crippen molar-refractivity contribution in [3.8, 4) is 0 Å². The number of aryl methyl sites for hydroxylation is 2. The Hall–Kier alpha value is -3.91. The molecule has 160 valence electrons. The Balaban J connectivity index is 1.69. The SMILES string of the molecule is Cc1cc(C)c2nc(N(Cc3cccnc3)C(=O)/C=C/c3cccc([N+](=O)[O-])c3)sc2c1. The minimum absolute atomic E-state index is 0.0242. The van der Waals surface area contributed by atoms with Crippen molar-refractivity contribution in [3.05, 3.63) is 99.4 Å². The van der Waals surface area contributed by atoms with Gasteiger partial charge in [-0.1, -0.05) is 35.6 Å². The molecule has 0 radical (unpaired) electrons. The van der Waals surface area contributed by atoms with Crippen LogP contribution in [0.1, 0.15) is 22.3 Å². The van der Waals surface area contributed by atoms with Crippen LogP contribution in [-0.2, 0) is 11.3 Å². The van der Waals surface area contributed by atoms with Gasteiger partial charge in [0.1, 0.15) is 0 Å². The van der Waals surface area contributed by atoms with Crippen molar-refractivity contribution in [1.29, 1.82) is 0 Å². The van der Waals surface area contributed by atoms with Crippen molar-refractivity contribution in [2.45, 2.75) is 20.4 Å². The van der Waals surface area contributed by atoms with Gasteiger partial charge in [0.15, 0.2) is 5.13 Å². The molecule has 0 bridgehead atoms. The Morgan fingerprint density at radius 2 is 2.03 bits per heavy atom. The predicted molar refractivity (Wildman–Crippen MR) is 127 cm³/mol. The maximum atomic E-state index is 13.2.